The van der Waals surface area contributed by atoms with Crippen molar-refractivity contribution in [3.8, 4) is 0 Å². The molecule has 0 aliphatic carbocycles. The van der Waals surface area contributed by atoms with Gasteiger partial charge >= 0.3 is 0 Å². The Morgan fingerprint density at radius 2 is 2.19 bits per heavy atom. The standard InChI is InChI=1S/C15H21N3OS2/c1-5-9(3)16-13(19)8-20-14-12-7-11(6-2)21-15(12)18-10(4)17-14/h7,9H,5-6,8H2,1-4H3,(H,16,19). The second-order valence-electron chi connectivity index (χ2n) is 5.03. The molecule has 0 aliphatic heterocycles. The topological polar surface area (TPSA) is 54.9 Å². The van der Waals surface area contributed by atoms with Gasteiger partial charge in [-0.05, 0) is 32.8 Å². The Labute approximate surface area is 133 Å². The average molecular weight is 323 g/mol. The maximum Gasteiger partial charge on any atom is 0.230 e. The predicted octanol–water partition coefficient (Wildman–Crippen LogP) is 3.57. The maximum atomic E-state index is 11.9. The van der Waals surface area contributed by atoms with Crippen molar-refractivity contribution in [2.24, 2.45) is 0 Å². The van der Waals surface area contributed by atoms with Crippen molar-refractivity contribution in [1.29, 1.82) is 0 Å². The zero-order valence-electron chi connectivity index (χ0n) is 12.9. The van der Waals surface area contributed by atoms with Crippen LogP contribution in [0.25, 0.3) is 10.2 Å². The van der Waals surface area contributed by atoms with Crippen molar-refractivity contribution in [3.05, 3.63) is 16.8 Å². The SMILES string of the molecule is CCc1cc2c(SCC(=O)NC(C)CC)nc(C)nc2s1. The highest BCUT2D eigenvalue weighted by molar-refractivity contribution is 8.00. The van der Waals surface area contributed by atoms with E-state index in [-0.39, 0.29) is 11.9 Å². The molecule has 0 spiro atoms. The fraction of sp³-hybridized carbons (Fsp3) is 0.533. The maximum absolute atomic E-state index is 11.9. The molecule has 2 rings (SSSR count). The van der Waals surface area contributed by atoms with E-state index in [1.807, 2.05) is 13.8 Å². The lowest BCUT2D eigenvalue weighted by Gasteiger charge is -2.11. The first-order chi connectivity index (χ1) is 10.0. The summed E-state index contributed by atoms with van der Waals surface area (Å²) >= 11 is 3.20. The van der Waals surface area contributed by atoms with Crippen molar-refractivity contribution in [2.45, 2.75) is 51.6 Å². The number of carbonyl (C=O) groups excluding carboxylic acids is 1. The zero-order chi connectivity index (χ0) is 15.4. The number of thioether (sulfide) groups is 1. The number of thiophene rings is 1. The Kier molecular flexibility index (Phi) is 5.58. The van der Waals surface area contributed by atoms with E-state index in [9.17, 15) is 4.79 Å². The van der Waals surface area contributed by atoms with Crippen molar-refractivity contribution in [1.82, 2.24) is 15.3 Å². The van der Waals surface area contributed by atoms with Crippen LogP contribution in [-0.2, 0) is 11.2 Å². The van der Waals surface area contributed by atoms with E-state index in [2.05, 4.69) is 35.2 Å². The highest BCUT2D eigenvalue weighted by Gasteiger charge is 2.13. The fourth-order valence-corrected chi connectivity index (χ4v) is 3.82. The van der Waals surface area contributed by atoms with E-state index in [4.69, 9.17) is 0 Å². The summed E-state index contributed by atoms with van der Waals surface area (Å²) in [5, 5.41) is 4.96. The molecule has 1 amide bonds. The molecule has 1 atom stereocenters. The molecule has 2 heterocycles. The summed E-state index contributed by atoms with van der Waals surface area (Å²) in [4.78, 5) is 23.2. The second kappa shape index (κ2) is 7.22. The van der Waals surface area contributed by atoms with Gasteiger partial charge in [0.1, 0.15) is 15.7 Å². The number of carbonyl (C=O) groups is 1. The third kappa shape index (κ3) is 4.17. The third-order valence-electron chi connectivity index (χ3n) is 3.23. The Morgan fingerprint density at radius 1 is 1.43 bits per heavy atom. The molecule has 0 saturated heterocycles. The molecular formula is C15H21N3OS2. The van der Waals surface area contributed by atoms with Crippen LogP contribution in [0.2, 0.25) is 0 Å². The van der Waals surface area contributed by atoms with Crippen LogP contribution in [0.3, 0.4) is 0 Å². The molecule has 0 aliphatic rings. The van der Waals surface area contributed by atoms with Crippen molar-refractivity contribution in [2.75, 3.05) is 5.75 Å². The van der Waals surface area contributed by atoms with Crippen LogP contribution in [0, 0.1) is 6.92 Å². The van der Waals surface area contributed by atoms with E-state index in [1.165, 1.54) is 16.6 Å². The summed E-state index contributed by atoms with van der Waals surface area (Å²) in [6, 6.07) is 2.37. The number of nitrogens with zero attached hydrogens (tertiary/aromatic N) is 2. The number of amides is 1. The quantitative estimate of drug-likeness (QED) is 0.652. The summed E-state index contributed by atoms with van der Waals surface area (Å²) in [7, 11) is 0. The van der Waals surface area contributed by atoms with Gasteiger partial charge < -0.3 is 5.32 Å². The number of nitrogens with one attached hydrogen (secondary N) is 1. The van der Waals surface area contributed by atoms with Crippen LogP contribution in [0.5, 0.6) is 0 Å². The van der Waals surface area contributed by atoms with Crippen LogP contribution in [0.4, 0.5) is 0 Å². The lowest BCUT2D eigenvalue weighted by atomic mass is 10.3. The Hall–Kier alpha value is -1.14. The largest absolute Gasteiger partial charge is 0.353 e. The number of aryl methyl sites for hydroxylation is 2. The molecule has 2 aromatic rings. The van der Waals surface area contributed by atoms with Gasteiger partial charge in [-0.2, -0.15) is 0 Å². The Morgan fingerprint density at radius 3 is 2.86 bits per heavy atom. The number of hydrogen-bond acceptors (Lipinski definition) is 5. The van der Waals surface area contributed by atoms with Crippen molar-refractivity contribution in [3.63, 3.8) is 0 Å². The highest BCUT2D eigenvalue weighted by atomic mass is 32.2. The summed E-state index contributed by atoms with van der Waals surface area (Å²) in [6.45, 7) is 8.11. The minimum Gasteiger partial charge on any atom is -0.353 e. The van der Waals surface area contributed by atoms with Crippen LogP contribution in [-0.4, -0.2) is 27.7 Å². The van der Waals surface area contributed by atoms with Gasteiger partial charge in [-0.25, -0.2) is 9.97 Å². The molecule has 1 unspecified atom stereocenters. The van der Waals surface area contributed by atoms with E-state index < -0.39 is 0 Å². The van der Waals surface area contributed by atoms with E-state index >= 15 is 0 Å². The van der Waals surface area contributed by atoms with E-state index in [0.29, 0.717) is 5.75 Å². The molecule has 0 fully saturated rings. The van der Waals surface area contributed by atoms with Gasteiger partial charge in [-0.15, -0.1) is 11.3 Å². The van der Waals surface area contributed by atoms with Crippen LogP contribution in [0.1, 0.15) is 37.9 Å². The molecule has 4 nitrogen and oxygen atoms in total. The number of fused-ring (bicyclic) bond motifs is 1. The van der Waals surface area contributed by atoms with Crippen LogP contribution >= 0.6 is 23.1 Å². The van der Waals surface area contributed by atoms with E-state index in [1.54, 1.807) is 11.3 Å². The number of hydrogen-bond donors (Lipinski definition) is 1. The van der Waals surface area contributed by atoms with Crippen LogP contribution < -0.4 is 5.32 Å². The first-order valence-electron chi connectivity index (χ1n) is 7.22. The zero-order valence-corrected chi connectivity index (χ0v) is 14.5. The van der Waals surface area contributed by atoms with E-state index in [0.717, 1.165) is 33.9 Å². The average Bonchev–Trinajstić information content (AvgIpc) is 2.87. The molecule has 0 saturated carbocycles. The molecule has 114 valence electrons. The molecular weight excluding hydrogens is 302 g/mol. The third-order valence-corrected chi connectivity index (χ3v) is 5.39. The van der Waals surface area contributed by atoms with Crippen LogP contribution in [0.15, 0.2) is 11.1 Å². The van der Waals surface area contributed by atoms with Gasteiger partial charge in [0, 0.05) is 16.3 Å². The minimum atomic E-state index is 0.0599. The van der Waals surface area contributed by atoms with Gasteiger partial charge in [0.15, 0.2) is 0 Å². The Balaban J connectivity index is 2.14. The van der Waals surface area contributed by atoms with Gasteiger partial charge in [0.2, 0.25) is 5.91 Å². The van der Waals surface area contributed by atoms with Crippen molar-refractivity contribution < 1.29 is 4.79 Å². The normalized spacial score (nSPS) is 12.6. The number of rotatable bonds is 6. The molecule has 1 N–H and O–H groups in total. The summed E-state index contributed by atoms with van der Waals surface area (Å²) in [6.07, 6.45) is 1.94. The monoisotopic (exact) mass is 323 g/mol. The smallest absolute Gasteiger partial charge is 0.230 e. The molecule has 21 heavy (non-hydrogen) atoms. The summed E-state index contributed by atoms with van der Waals surface area (Å²) in [5.74, 6) is 1.22. The summed E-state index contributed by atoms with van der Waals surface area (Å²) in [5.41, 5.74) is 0. The summed E-state index contributed by atoms with van der Waals surface area (Å²) < 4.78 is 0. The lowest BCUT2D eigenvalue weighted by molar-refractivity contribution is -0.119. The van der Waals surface area contributed by atoms with Gasteiger partial charge in [-0.1, -0.05) is 25.6 Å². The molecule has 2 aromatic heterocycles. The molecule has 6 heteroatoms. The lowest BCUT2D eigenvalue weighted by Crippen LogP contribution is -2.33. The highest BCUT2D eigenvalue weighted by Crippen LogP contribution is 2.31. The van der Waals surface area contributed by atoms with Gasteiger partial charge in [-0.3, -0.25) is 4.79 Å². The molecule has 0 aromatic carbocycles. The van der Waals surface area contributed by atoms with Gasteiger partial charge in [0.05, 0.1) is 5.75 Å². The predicted molar refractivity (Wildman–Crippen MR) is 90.1 cm³/mol. The Bertz CT molecular complexity index is 639. The first kappa shape index (κ1) is 16.2. The molecule has 0 radical (unpaired) electrons. The fourth-order valence-electron chi connectivity index (χ4n) is 1.88. The minimum absolute atomic E-state index is 0.0599. The second-order valence-corrected chi connectivity index (χ2v) is 7.11. The van der Waals surface area contributed by atoms with Crippen molar-refractivity contribution >= 4 is 39.2 Å². The first-order valence-corrected chi connectivity index (χ1v) is 9.02. The molecule has 0 bridgehead atoms. The van der Waals surface area contributed by atoms with Gasteiger partial charge in [0.25, 0.3) is 0 Å². The number of aromatic nitrogens is 2.